The molecule has 2 rings (SSSR count). The Morgan fingerprint density at radius 1 is 1.12 bits per heavy atom. The van der Waals surface area contributed by atoms with Gasteiger partial charge in [-0.05, 0) is 51.1 Å². The number of hydrogen-bond donors (Lipinski definition) is 1. The van der Waals surface area contributed by atoms with Crippen LogP contribution in [-0.4, -0.2) is 36.6 Å². The minimum Gasteiger partial charge on any atom is -0.314 e. The molecule has 0 spiro atoms. The second-order valence-corrected chi connectivity index (χ2v) is 6.41. The van der Waals surface area contributed by atoms with Crippen LogP contribution in [0.1, 0.15) is 58.8 Å². The molecule has 1 N–H and O–H groups in total. The fraction of sp³-hybridized carbons (Fsp3) is 1.00. The lowest BCUT2D eigenvalue weighted by Crippen LogP contribution is -2.34. The van der Waals surface area contributed by atoms with Crippen LogP contribution in [0.25, 0.3) is 0 Å². The minimum absolute atomic E-state index is 0.818. The van der Waals surface area contributed by atoms with Crippen LogP contribution in [0.4, 0.5) is 0 Å². The highest BCUT2D eigenvalue weighted by molar-refractivity contribution is 4.85. The molecule has 0 radical (unpaired) electrons. The van der Waals surface area contributed by atoms with E-state index in [0.717, 1.165) is 18.0 Å². The standard InChI is InChI=1S/C15H30N2/c1-13(2)12-17(15-8-9-15)11-5-10-16-14-6-3-4-7-14/h13-16H,3-12H2,1-2H3. The van der Waals surface area contributed by atoms with Crippen molar-refractivity contribution < 1.29 is 0 Å². The second-order valence-electron chi connectivity index (χ2n) is 6.41. The zero-order valence-corrected chi connectivity index (χ0v) is 11.8. The van der Waals surface area contributed by atoms with Crippen LogP contribution in [-0.2, 0) is 0 Å². The molecule has 0 heterocycles. The number of hydrogen-bond acceptors (Lipinski definition) is 2. The molecule has 0 aliphatic heterocycles. The third kappa shape index (κ3) is 4.97. The van der Waals surface area contributed by atoms with E-state index < -0.39 is 0 Å². The van der Waals surface area contributed by atoms with Crippen LogP contribution in [0.2, 0.25) is 0 Å². The Labute approximate surface area is 107 Å². The van der Waals surface area contributed by atoms with Gasteiger partial charge in [-0.1, -0.05) is 26.7 Å². The number of rotatable bonds is 8. The molecule has 2 nitrogen and oxygen atoms in total. The van der Waals surface area contributed by atoms with Crippen molar-refractivity contribution in [1.82, 2.24) is 10.2 Å². The van der Waals surface area contributed by atoms with Crippen molar-refractivity contribution >= 4 is 0 Å². The molecule has 0 aromatic rings. The highest BCUT2D eigenvalue weighted by Gasteiger charge is 2.28. The molecule has 0 atom stereocenters. The first kappa shape index (κ1) is 13.4. The van der Waals surface area contributed by atoms with Gasteiger partial charge in [0.2, 0.25) is 0 Å². The smallest absolute Gasteiger partial charge is 0.00965 e. The van der Waals surface area contributed by atoms with Crippen LogP contribution < -0.4 is 5.32 Å². The van der Waals surface area contributed by atoms with Crippen molar-refractivity contribution in [2.75, 3.05) is 19.6 Å². The van der Waals surface area contributed by atoms with Crippen LogP contribution in [0.15, 0.2) is 0 Å². The van der Waals surface area contributed by atoms with E-state index in [-0.39, 0.29) is 0 Å². The van der Waals surface area contributed by atoms with Gasteiger partial charge in [0.25, 0.3) is 0 Å². The van der Waals surface area contributed by atoms with E-state index in [9.17, 15) is 0 Å². The Hall–Kier alpha value is -0.0800. The lowest BCUT2D eigenvalue weighted by atomic mass is 10.2. The second kappa shape index (κ2) is 6.75. The Balaban J connectivity index is 1.55. The Morgan fingerprint density at radius 3 is 2.41 bits per heavy atom. The fourth-order valence-corrected chi connectivity index (χ4v) is 3.05. The van der Waals surface area contributed by atoms with Crippen molar-refractivity contribution in [2.45, 2.75) is 70.9 Å². The van der Waals surface area contributed by atoms with Gasteiger partial charge in [0.05, 0.1) is 0 Å². The summed E-state index contributed by atoms with van der Waals surface area (Å²) in [6.45, 7) is 8.51. The molecule has 0 aromatic carbocycles. The summed E-state index contributed by atoms with van der Waals surface area (Å²) in [5, 5.41) is 3.72. The maximum absolute atomic E-state index is 3.72. The average molecular weight is 238 g/mol. The molecule has 0 bridgehead atoms. The Morgan fingerprint density at radius 2 is 1.82 bits per heavy atom. The van der Waals surface area contributed by atoms with Gasteiger partial charge in [0, 0.05) is 18.6 Å². The summed E-state index contributed by atoms with van der Waals surface area (Å²) < 4.78 is 0. The SMILES string of the molecule is CC(C)CN(CCCNC1CCCC1)C1CC1. The van der Waals surface area contributed by atoms with Gasteiger partial charge in [-0.3, -0.25) is 0 Å². The van der Waals surface area contributed by atoms with E-state index in [2.05, 4.69) is 24.1 Å². The fourth-order valence-electron chi connectivity index (χ4n) is 3.05. The van der Waals surface area contributed by atoms with E-state index in [0.29, 0.717) is 0 Å². The lowest BCUT2D eigenvalue weighted by Gasteiger charge is -2.24. The molecular formula is C15H30N2. The predicted molar refractivity (Wildman–Crippen MR) is 74.3 cm³/mol. The molecular weight excluding hydrogens is 208 g/mol. The molecule has 0 unspecified atom stereocenters. The molecule has 0 saturated heterocycles. The highest BCUT2D eigenvalue weighted by Crippen LogP contribution is 2.27. The van der Waals surface area contributed by atoms with Crippen molar-refractivity contribution in [1.29, 1.82) is 0 Å². The predicted octanol–water partition coefficient (Wildman–Crippen LogP) is 3.03. The van der Waals surface area contributed by atoms with Crippen molar-refractivity contribution in [3.8, 4) is 0 Å². The van der Waals surface area contributed by atoms with E-state index in [1.165, 1.54) is 64.6 Å². The van der Waals surface area contributed by atoms with E-state index in [1.807, 2.05) is 0 Å². The summed E-state index contributed by atoms with van der Waals surface area (Å²) >= 11 is 0. The topological polar surface area (TPSA) is 15.3 Å². The summed E-state index contributed by atoms with van der Waals surface area (Å²) in [7, 11) is 0. The summed E-state index contributed by atoms with van der Waals surface area (Å²) in [6, 6.07) is 1.78. The van der Waals surface area contributed by atoms with E-state index in [1.54, 1.807) is 0 Å². The molecule has 2 aliphatic carbocycles. The highest BCUT2D eigenvalue weighted by atomic mass is 15.2. The van der Waals surface area contributed by atoms with Crippen molar-refractivity contribution in [2.24, 2.45) is 5.92 Å². The molecule has 2 saturated carbocycles. The van der Waals surface area contributed by atoms with Gasteiger partial charge in [-0.2, -0.15) is 0 Å². The van der Waals surface area contributed by atoms with Crippen molar-refractivity contribution in [3.63, 3.8) is 0 Å². The van der Waals surface area contributed by atoms with E-state index >= 15 is 0 Å². The Bertz CT molecular complexity index is 205. The average Bonchev–Trinajstić information content (AvgIpc) is 3.00. The summed E-state index contributed by atoms with van der Waals surface area (Å²) in [6.07, 6.45) is 9.94. The largest absolute Gasteiger partial charge is 0.314 e. The van der Waals surface area contributed by atoms with Gasteiger partial charge >= 0.3 is 0 Å². The first-order valence-corrected chi connectivity index (χ1v) is 7.73. The minimum atomic E-state index is 0.818. The first-order valence-electron chi connectivity index (χ1n) is 7.73. The summed E-state index contributed by atoms with van der Waals surface area (Å²) in [4.78, 5) is 2.72. The Kier molecular flexibility index (Phi) is 5.30. The first-order chi connectivity index (χ1) is 8.25. The van der Waals surface area contributed by atoms with Gasteiger partial charge in [0.15, 0.2) is 0 Å². The molecule has 17 heavy (non-hydrogen) atoms. The lowest BCUT2D eigenvalue weighted by molar-refractivity contribution is 0.230. The monoisotopic (exact) mass is 238 g/mol. The summed E-state index contributed by atoms with van der Waals surface area (Å²) in [5.74, 6) is 0.818. The quantitative estimate of drug-likeness (QED) is 0.654. The van der Waals surface area contributed by atoms with Crippen LogP contribution in [0.3, 0.4) is 0 Å². The summed E-state index contributed by atoms with van der Waals surface area (Å²) in [5.41, 5.74) is 0. The molecule has 0 aromatic heterocycles. The molecule has 0 amide bonds. The molecule has 2 fully saturated rings. The maximum Gasteiger partial charge on any atom is 0.00965 e. The maximum atomic E-state index is 3.72. The van der Waals surface area contributed by atoms with Gasteiger partial charge < -0.3 is 10.2 Å². The van der Waals surface area contributed by atoms with Crippen molar-refractivity contribution in [3.05, 3.63) is 0 Å². The zero-order chi connectivity index (χ0) is 12.1. The number of nitrogens with one attached hydrogen (secondary N) is 1. The van der Waals surface area contributed by atoms with Crippen LogP contribution >= 0.6 is 0 Å². The van der Waals surface area contributed by atoms with Crippen LogP contribution in [0.5, 0.6) is 0 Å². The third-order valence-corrected chi connectivity index (χ3v) is 4.07. The van der Waals surface area contributed by atoms with Gasteiger partial charge in [-0.25, -0.2) is 0 Å². The van der Waals surface area contributed by atoms with E-state index in [4.69, 9.17) is 0 Å². The third-order valence-electron chi connectivity index (χ3n) is 4.07. The zero-order valence-electron chi connectivity index (χ0n) is 11.8. The number of nitrogens with zero attached hydrogens (tertiary/aromatic N) is 1. The molecule has 2 aliphatic rings. The molecule has 100 valence electrons. The van der Waals surface area contributed by atoms with Gasteiger partial charge in [0.1, 0.15) is 0 Å². The van der Waals surface area contributed by atoms with Crippen LogP contribution in [0, 0.1) is 5.92 Å². The van der Waals surface area contributed by atoms with Gasteiger partial charge in [-0.15, -0.1) is 0 Å². The normalized spacial score (nSPS) is 21.9. The molecule has 2 heteroatoms.